The first-order valence-corrected chi connectivity index (χ1v) is 7.80. The number of Topliss-reactive ketones (excluding diaryl/α,β-unsaturated/α-hetero) is 1. The Bertz CT molecular complexity index is 582. The molecule has 2 aromatic rings. The van der Waals surface area contributed by atoms with E-state index in [2.05, 4.69) is 26.2 Å². The van der Waals surface area contributed by atoms with Crippen LogP contribution in [0.1, 0.15) is 28.9 Å². The highest BCUT2D eigenvalue weighted by molar-refractivity contribution is 9.10. The van der Waals surface area contributed by atoms with Crippen molar-refractivity contribution in [2.24, 2.45) is 0 Å². The van der Waals surface area contributed by atoms with Gasteiger partial charge in [-0.15, -0.1) is 11.3 Å². The van der Waals surface area contributed by atoms with Crippen molar-refractivity contribution in [3.63, 3.8) is 0 Å². The first-order valence-electron chi connectivity index (χ1n) is 6.13. The summed E-state index contributed by atoms with van der Waals surface area (Å²) in [4.78, 5) is 28.2. The summed E-state index contributed by atoms with van der Waals surface area (Å²) >= 11 is 4.66. The van der Waals surface area contributed by atoms with E-state index < -0.39 is 0 Å². The third kappa shape index (κ3) is 4.54. The molecule has 0 radical (unpaired) electrons. The predicted molar refractivity (Wildman–Crippen MR) is 83.1 cm³/mol. The zero-order valence-electron chi connectivity index (χ0n) is 10.6. The van der Waals surface area contributed by atoms with Gasteiger partial charge in [-0.25, -0.2) is 4.98 Å². The molecule has 0 aliphatic heterocycles. The Hall–Kier alpha value is -1.53. The molecule has 0 aliphatic rings. The number of thiophene rings is 1. The highest BCUT2D eigenvalue weighted by Gasteiger charge is 2.08. The van der Waals surface area contributed by atoms with E-state index >= 15 is 0 Å². The SMILES string of the molecule is O=C(CCCC(=O)c1cccs1)Nc1ccc(Br)nc1. The monoisotopic (exact) mass is 352 g/mol. The summed E-state index contributed by atoms with van der Waals surface area (Å²) in [6.45, 7) is 0. The van der Waals surface area contributed by atoms with Gasteiger partial charge >= 0.3 is 0 Å². The number of rotatable bonds is 6. The number of carbonyl (C=O) groups excluding carboxylic acids is 2. The maximum absolute atomic E-state index is 11.7. The van der Waals surface area contributed by atoms with Crippen molar-refractivity contribution in [2.75, 3.05) is 5.32 Å². The van der Waals surface area contributed by atoms with Gasteiger partial charge < -0.3 is 5.32 Å². The molecule has 2 rings (SSSR count). The van der Waals surface area contributed by atoms with Gasteiger partial charge in [0.15, 0.2) is 5.78 Å². The van der Waals surface area contributed by atoms with Crippen molar-refractivity contribution in [2.45, 2.75) is 19.3 Å². The van der Waals surface area contributed by atoms with Crippen molar-refractivity contribution in [3.8, 4) is 0 Å². The van der Waals surface area contributed by atoms with Gasteiger partial charge in [-0.3, -0.25) is 9.59 Å². The molecule has 104 valence electrons. The summed E-state index contributed by atoms with van der Waals surface area (Å²) in [5, 5.41) is 4.62. The van der Waals surface area contributed by atoms with Crippen LogP contribution >= 0.6 is 27.3 Å². The van der Waals surface area contributed by atoms with E-state index in [1.807, 2.05) is 11.4 Å². The second-order valence-electron chi connectivity index (χ2n) is 4.17. The summed E-state index contributed by atoms with van der Waals surface area (Å²) in [5.41, 5.74) is 0.655. The first kappa shape index (κ1) is 14.9. The summed E-state index contributed by atoms with van der Waals surface area (Å²) in [7, 11) is 0. The smallest absolute Gasteiger partial charge is 0.224 e. The largest absolute Gasteiger partial charge is 0.325 e. The topological polar surface area (TPSA) is 59.1 Å². The summed E-state index contributed by atoms with van der Waals surface area (Å²) < 4.78 is 0.719. The van der Waals surface area contributed by atoms with Gasteiger partial charge in [-0.05, 0) is 45.9 Å². The minimum atomic E-state index is -0.104. The molecule has 0 aliphatic carbocycles. The van der Waals surface area contributed by atoms with E-state index in [9.17, 15) is 9.59 Å². The number of halogens is 1. The molecular weight excluding hydrogens is 340 g/mol. The fourth-order valence-electron chi connectivity index (χ4n) is 1.64. The molecule has 1 amide bonds. The molecule has 0 unspecified atom stereocenters. The van der Waals surface area contributed by atoms with Gasteiger partial charge in [0.25, 0.3) is 0 Å². The van der Waals surface area contributed by atoms with E-state index in [1.54, 1.807) is 24.4 Å². The third-order valence-electron chi connectivity index (χ3n) is 2.61. The number of ketones is 1. The molecule has 0 fully saturated rings. The number of hydrogen-bond acceptors (Lipinski definition) is 4. The van der Waals surface area contributed by atoms with Gasteiger partial charge in [-0.2, -0.15) is 0 Å². The zero-order chi connectivity index (χ0) is 14.4. The normalized spacial score (nSPS) is 10.2. The molecule has 0 spiro atoms. The zero-order valence-corrected chi connectivity index (χ0v) is 13.0. The lowest BCUT2D eigenvalue weighted by atomic mass is 10.1. The summed E-state index contributed by atoms with van der Waals surface area (Å²) in [6, 6.07) is 7.19. The van der Waals surface area contributed by atoms with Gasteiger partial charge in [0, 0.05) is 12.8 Å². The maximum atomic E-state index is 11.7. The Morgan fingerprint density at radius 2 is 2.10 bits per heavy atom. The molecule has 0 atom stereocenters. The van der Waals surface area contributed by atoms with Gasteiger partial charge in [0.1, 0.15) is 4.60 Å². The summed E-state index contributed by atoms with van der Waals surface area (Å²) in [6.07, 6.45) is 2.85. The Balaban J connectivity index is 1.73. The molecule has 2 heterocycles. The van der Waals surface area contributed by atoms with Crippen molar-refractivity contribution < 1.29 is 9.59 Å². The van der Waals surface area contributed by atoms with Gasteiger partial charge in [-0.1, -0.05) is 6.07 Å². The fourth-order valence-corrected chi connectivity index (χ4v) is 2.57. The van der Waals surface area contributed by atoms with Crippen LogP contribution in [0.2, 0.25) is 0 Å². The second-order valence-corrected chi connectivity index (χ2v) is 5.93. The quantitative estimate of drug-likeness (QED) is 0.633. The van der Waals surface area contributed by atoms with Crippen molar-refractivity contribution >= 4 is 44.6 Å². The number of carbonyl (C=O) groups is 2. The lowest BCUT2D eigenvalue weighted by Gasteiger charge is -2.04. The van der Waals surface area contributed by atoms with Gasteiger partial charge in [0.2, 0.25) is 5.91 Å². The van der Waals surface area contributed by atoms with Crippen molar-refractivity contribution in [3.05, 3.63) is 45.3 Å². The van der Waals surface area contributed by atoms with Crippen LogP contribution in [0.25, 0.3) is 0 Å². The van der Waals surface area contributed by atoms with Crippen molar-refractivity contribution in [1.29, 1.82) is 0 Å². The van der Waals surface area contributed by atoms with Crippen LogP contribution in [0.3, 0.4) is 0 Å². The average Bonchev–Trinajstić information content (AvgIpc) is 2.95. The van der Waals surface area contributed by atoms with E-state index in [4.69, 9.17) is 0 Å². The lowest BCUT2D eigenvalue weighted by Crippen LogP contribution is -2.12. The number of nitrogens with one attached hydrogen (secondary N) is 1. The second kappa shape index (κ2) is 7.31. The van der Waals surface area contributed by atoms with E-state index in [-0.39, 0.29) is 11.7 Å². The maximum Gasteiger partial charge on any atom is 0.224 e. The molecule has 4 nitrogen and oxygen atoms in total. The minimum Gasteiger partial charge on any atom is -0.325 e. The minimum absolute atomic E-state index is 0.0955. The lowest BCUT2D eigenvalue weighted by molar-refractivity contribution is -0.116. The third-order valence-corrected chi connectivity index (χ3v) is 3.99. The number of amides is 1. The van der Waals surface area contributed by atoms with E-state index in [0.29, 0.717) is 24.9 Å². The van der Waals surface area contributed by atoms with E-state index in [0.717, 1.165) is 9.48 Å². The molecule has 1 N–H and O–H groups in total. The molecule has 20 heavy (non-hydrogen) atoms. The highest BCUT2D eigenvalue weighted by atomic mass is 79.9. The van der Waals surface area contributed by atoms with Gasteiger partial charge in [0.05, 0.1) is 16.8 Å². The number of hydrogen-bond donors (Lipinski definition) is 1. The molecule has 0 saturated carbocycles. The highest BCUT2D eigenvalue weighted by Crippen LogP contribution is 2.14. The number of aromatic nitrogens is 1. The average molecular weight is 353 g/mol. The number of nitrogens with zero attached hydrogens (tertiary/aromatic N) is 1. The molecule has 2 aromatic heterocycles. The molecule has 0 bridgehead atoms. The Morgan fingerprint density at radius 3 is 2.75 bits per heavy atom. The molecule has 6 heteroatoms. The summed E-state index contributed by atoms with van der Waals surface area (Å²) in [5.74, 6) is -0.00814. The van der Waals surface area contributed by atoms with Crippen LogP contribution in [0.4, 0.5) is 5.69 Å². The van der Waals surface area contributed by atoms with Crippen LogP contribution in [-0.4, -0.2) is 16.7 Å². The van der Waals surface area contributed by atoms with Crippen LogP contribution in [0.15, 0.2) is 40.4 Å². The number of anilines is 1. The molecule has 0 aromatic carbocycles. The predicted octanol–water partition coefficient (Wildman–Crippen LogP) is 3.90. The number of pyridine rings is 1. The van der Waals surface area contributed by atoms with E-state index in [1.165, 1.54) is 11.3 Å². The van der Waals surface area contributed by atoms with Crippen molar-refractivity contribution in [1.82, 2.24) is 4.98 Å². The molecular formula is C14H13BrN2O2S. The Morgan fingerprint density at radius 1 is 1.25 bits per heavy atom. The standard InChI is InChI=1S/C14H13BrN2O2S/c15-13-7-6-10(9-16-13)17-14(19)5-1-3-11(18)12-4-2-8-20-12/h2,4,6-9H,1,3,5H2,(H,17,19). The van der Waals surface area contributed by atoms with Crippen LogP contribution in [0.5, 0.6) is 0 Å². The Labute approximate surface area is 129 Å². The fraction of sp³-hybridized carbons (Fsp3) is 0.214. The first-order chi connectivity index (χ1) is 9.65. The van der Waals surface area contributed by atoms with Crippen LogP contribution in [0, 0.1) is 0 Å². The molecule has 0 saturated heterocycles. The van der Waals surface area contributed by atoms with Crippen LogP contribution < -0.4 is 5.32 Å². The Kier molecular flexibility index (Phi) is 5.43. The van der Waals surface area contributed by atoms with Crippen LogP contribution in [-0.2, 0) is 4.79 Å².